The van der Waals surface area contributed by atoms with Gasteiger partial charge in [-0.25, -0.2) is 4.52 Å². The minimum Gasteiger partial charge on any atom is -0.376 e. The fraction of sp³-hybridized carbons (Fsp3) is 0.538. The zero-order valence-electron chi connectivity index (χ0n) is 10.6. The van der Waals surface area contributed by atoms with Crippen LogP contribution >= 0.6 is 0 Å². The van der Waals surface area contributed by atoms with Gasteiger partial charge in [-0.3, -0.25) is 0 Å². The number of ether oxygens (including phenoxy) is 1. The summed E-state index contributed by atoms with van der Waals surface area (Å²) in [5.74, 6) is 0.679. The summed E-state index contributed by atoms with van der Waals surface area (Å²) in [5, 5.41) is 7.70. The molecule has 1 atom stereocenters. The Hall–Kier alpha value is -1.62. The Morgan fingerprint density at radius 3 is 3.17 bits per heavy atom. The van der Waals surface area contributed by atoms with Crippen LogP contribution in [-0.2, 0) is 4.74 Å². The maximum absolute atomic E-state index is 5.67. The van der Waals surface area contributed by atoms with E-state index in [1.165, 1.54) is 12.8 Å². The smallest absolute Gasteiger partial charge is 0.243 e. The van der Waals surface area contributed by atoms with Gasteiger partial charge in [0.1, 0.15) is 0 Å². The minimum atomic E-state index is 0.298. The lowest BCUT2D eigenvalue weighted by atomic mass is 10.1. The second kappa shape index (κ2) is 4.94. The van der Waals surface area contributed by atoms with Crippen molar-refractivity contribution in [1.82, 2.24) is 14.6 Å². The zero-order valence-corrected chi connectivity index (χ0v) is 10.6. The molecule has 1 saturated heterocycles. The summed E-state index contributed by atoms with van der Waals surface area (Å²) in [6, 6.07) is 5.98. The summed E-state index contributed by atoms with van der Waals surface area (Å²) in [5.41, 5.74) is 1.96. The number of anilines is 1. The van der Waals surface area contributed by atoms with Gasteiger partial charge in [-0.1, -0.05) is 6.07 Å². The average Bonchev–Trinajstić information content (AvgIpc) is 2.82. The molecule has 3 rings (SSSR count). The van der Waals surface area contributed by atoms with Crippen LogP contribution in [0.1, 0.15) is 25.0 Å². The first kappa shape index (κ1) is 11.5. The van der Waals surface area contributed by atoms with E-state index >= 15 is 0 Å². The Balaban J connectivity index is 1.69. The number of hydrogen-bond donors (Lipinski definition) is 1. The maximum atomic E-state index is 5.67. The maximum Gasteiger partial charge on any atom is 0.243 e. The van der Waals surface area contributed by atoms with Gasteiger partial charge in [0.2, 0.25) is 5.95 Å². The first-order valence-corrected chi connectivity index (χ1v) is 6.51. The molecule has 18 heavy (non-hydrogen) atoms. The molecular weight excluding hydrogens is 228 g/mol. The Morgan fingerprint density at radius 1 is 1.44 bits per heavy atom. The molecule has 0 aromatic carbocycles. The predicted octanol–water partition coefficient (Wildman–Crippen LogP) is 2.02. The number of aromatic nitrogens is 3. The SMILES string of the molecule is Cc1cccc2nc(NCC3CCCCO3)nn12. The molecule has 0 aliphatic carbocycles. The highest BCUT2D eigenvalue weighted by Crippen LogP contribution is 2.13. The molecule has 5 nitrogen and oxygen atoms in total. The van der Waals surface area contributed by atoms with E-state index in [2.05, 4.69) is 15.4 Å². The average molecular weight is 246 g/mol. The van der Waals surface area contributed by atoms with Crippen LogP contribution < -0.4 is 5.32 Å². The molecule has 0 spiro atoms. The standard InChI is InChI=1S/C13H18N4O/c1-10-5-4-7-12-15-13(16-17(10)12)14-9-11-6-2-3-8-18-11/h4-5,7,11H,2-3,6,8-9H2,1H3,(H,14,16). The van der Waals surface area contributed by atoms with E-state index in [-0.39, 0.29) is 0 Å². The number of aryl methyl sites for hydroxylation is 1. The molecule has 1 unspecified atom stereocenters. The molecule has 0 amide bonds. The molecule has 0 saturated carbocycles. The fourth-order valence-electron chi connectivity index (χ4n) is 2.28. The molecule has 1 fully saturated rings. The Bertz CT molecular complexity index is 531. The molecule has 2 aromatic rings. The molecule has 0 bridgehead atoms. The van der Waals surface area contributed by atoms with Gasteiger partial charge in [0, 0.05) is 18.8 Å². The lowest BCUT2D eigenvalue weighted by molar-refractivity contribution is 0.0247. The van der Waals surface area contributed by atoms with E-state index in [1.54, 1.807) is 0 Å². The number of pyridine rings is 1. The number of hydrogen-bond acceptors (Lipinski definition) is 4. The predicted molar refractivity (Wildman–Crippen MR) is 69.8 cm³/mol. The molecule has 1 aliphatic rings. The van der Waals surface area contributed by atoms with Gasteiger partial charge in [-0.05, 0) is 38.3 Å². The molecule has 0 radical (unpaired) electrons. The quantitative estimate of drug-likeness (QED) is 0.900. The highest BCUT2D eigenvalue weighted by molar-refractivity contribution is 5.44. The second-order valence-electron chi connectivity index (χ2n) is 4.74. The molecule has 1 N–H and O–H groups in total. The Kier molecular flexibility index (Phi) is 3.15. The van der Waals surface area contributed by atoms with Crippen molar-refractivity contribution in [3.8, 4) is 0 Å². The molecule has 96 valence electrons. The van der Waals surface area contributed by atoms with Gasteiger partial charge in [0.05, 0.1) is 6.10 Å². The number of nitrogens with zero attached hydrogens (tertiary/aromatic N) is 3. The van der Waals surface area contributed by atoms with Crippen LogP contribution in [-0.4, -0.2) is 33.9 Å². The van der Waals surface area contributed by atoms with E-state index in [1.807, 2.05) is 29.6 Å². The molecule has 3 heterocycles. The van der Waals surface area contributed by atoms with Crippen molar-refractivity contribution in [2.24, 2.45) is 0 Å². The van der Waals surface area contributed by atoms with Gasteiger partial charge < -0.3 is 10.1 Å². The van der Waals surface area contributed by atoms with Crippen molar-refractivity contribution < 1.29 is 4.74 Å². The third kappa shape index (κ3) is 2.31. The van der Waals surface area contributed by atoms with Crippen LogP contribution in [0, 0.1) is 6.92 Å². The van der Waals surface area contributed by atoms with Crippen LogP contribution in [0.2, 0.25) is 0 Å². The summed E-state index contributed by atoms with van der Waals surface area (Å²) < 4.78 is 7.52. The van der Waals surface area contributed by atoms with Crippen LogP contribution in [0.5, 0.6) is 0 Å². The van der Waals surface area contributed by atoms with Crippen molar-refractivity contribution >= 4 is 11.6 Å². The minimum absolute atomic E-state index is 0.298. The van der Waals surface area contributed by atoms with Crippen LogP contribution in [0.15, 0.2) is 18.2 Å². The van der Waals surface area contributed by atoms with E-state index in [4.69, 9.17) is 4.74 Å². The third-order valence-corrected chi connectivity index (χ3v) is 3.31. The zero-order chi connectivity index (χ0) is 12.4. The van der Waals surface area contributed by atoms with Crippen molar-refractivity contribution in [2.75, 3.05) is 18.5 Å². The lowest BCUT2D eigenvalue weighted by Gasteiger charge is -2.22. The highest BCUT2D eigenvalue weighted by atomic mass is 16.5. The lowest BCUT2D eigenvalue weighted by Crippen LogP contribution is -2.27. The van der Waals surface area contributed by atoms with Gasteiger partial charge in [0.25, 0.3) is 0 Å². The topological polar surface area (TPSA) is 51.5 Å². The van der Waals surface area contributed by atoms with E-state index in [0.717, 1.165) is 30.9 Å². The van der Waals surface area contributed by atoms with E-state index in [0.29, 0.717) is 12.1 Å². The first-order valence-electron chi connectivity index (χ1n) is 6.51. The summed E-state index contributed by atoms with van der Waals surface area (Å²) in [4.78, 5) is 4.44. The van der Waals surface area contributed by atoms with Crippen LogP contribution in [0.25, 0.3) is 5.65 Å². The Morgan fingerprint density at radius 2 is 2.39 bits per heavy atom. The normalized spacial score (nSPS) is 20.2. The van der Waals surface area contributed by atoms with Gasteiger partial charge in [0.15, 0.2) is 5.65 Å². The van der Waals surface area contributed by atoms with E-state index in [9.17, 15) is 0 Å². The molecular formula is C13H18N4O. The van der Waals surface area contributed by atoms with Crippen LogP contribution in [0.4, 0.5) is 5.95 Å². The molecule has 1 aliphatic heterocycles. The summed E-state index contributed by atoms with van der Waals surface area (Å²) in [6.07, 6.45) is 3.86. The summed E-state index contributed by atoms with van der Waals surface area (Å²) in [7, 11) is 0. The third-order valence-electron chi connectivity index (χ3n) is 3.31. The van der Waals surface area contributed by atoms with E-state index < -0.39 is 0 Å². The number of nitrogens with one attached hydrogen (secondary N) is 1. The molecule has 5 heteroatoms. The van der Waals surface area contributed by atoms with Crippen molar-refractivity contribution in [2.45, 2.75) is 32.3 Å². The second-order valence-corrected chi connectivity index (χ2v) is 4.74. The van der Waals surface area contributed by atoms with Crippen molar-refractivity contribution in [1.29, 1.82) is 0 Å². The first-order chi connectivity index (χ1) is 8.83. The highest BCUT2D eigenvalue weighted by Gasteiger charge is 2.14. The number of rotatable bonds is 3. The van der Waals surface area contributed by atoms with Crippen molar-refractivity contribution in [3.05, 3.63) is 23.9 Å². The number of fused-ring (bicyclic) bond motifs is 1. The van der Waals surface area contributed by atoms with Gasteiger partial charge in [-0.15, -0.1) is 5.10 Å². The largest absolute Gasteiger partial charge is 0.376 e. The van der Waals surface area contributed by atoms with Gasteiger partial charge in [-0.2, -0.15) is 4.98 Å². The van der Waals surface area contributed by atoms with Gasteiger partial charge >= 0.3 is 0 Å². The monoisotopic (exact) mass is 246 g/mol. The summed E-state index contributed by atoms with van der Waals surface area (Å²) >= 11 is 0. The Labute approximate surface area is 106 Å². The van der Waals surface area contributed by atoms with Crippen molar-refractivity contribution in [3.63, 3.8) is 0 Å². The fourth-order valence-corrected chi connectivity index (χ4v) is 2.28. The summed E-state index contributed by atoms with van der Waals surface area (Å²) in [6.45, 7) is 3.69. The van der Waals surface area contributed by atoms with Crippen LogP contribution in [0.3, 0.4) is 0 Å². The molecule has 2 aromatic heterocycles.